The van der Waals surface area contributed by atoms with E-state index in [0.717, 1.165) is 0 Å². The van der Waals surface area contributed by atoms with Gasteiger partial charge in [-0.05, 0) is 18.2 Å². The van der Waals surface area contributed by atoms with Crippen molar-refractivity contribution in [1.29, 1.82) is 0 Å². The molecule has 0 unspecified atom stereocenters. The molecule has 0 spiro atoms. The molecule has 0 aliphatic rings. The van der Waals surface area contributed by atoms with E-state index in [1.54, 1.807) is 0 Å². The van der Waals surface area contributed by atoms with Crippen LogP contribution in [0.1, 0.15) is 6.92 Å². The highest BCUT2D eigenvalue weighted by atomic mass is 35.5. The van der Waals surface area contributed by atoms with Crippen molar-refractivity contribution in [1.82, 2.24) is 0 Å². The SMILES string of the molecule is CC(=O)Nc1ccc(OS(=O)(=O)O)c(Cl)c1. The van der Waals surface area contributed by atoms with Gasteiger partial charge in [-0.15, -0.1) is 0 Å². The van der Waals surface area contributed by atoms with E-state index in [4.69, 9.17) is 16.2 Å². The molecule has 0 saturated heterocycles. The number of anilines is 1. The van der Waals surface area contributed by atoms with Crippen molar-refractivity contribution in [3.63, 3.8) is 0 Å². The Balaban J connectivity index is 2.96. The van der Waals surface area contributed by atoms with Crippen molar-refractivity contribution in [3.05, 3.63) is 23.2 Å². The summed E-state index contributed by atoms with van der Waals surface area (Å²) in [5.74, 6) is -0.516. The van der Waals surface area contributed by atoms with Crippen molar-refractivity contribution in [2.75, 3.05) is 5.32 Å². The number of halogens is 1. The van der Waals surface area contributed by atoms with Crippen molar-refractivity contribution in [2.24, 2.45) is 0 Å². The Kier molecular flexibility index (Phi) is 3.74. The van der Waals surface area contributed by atoms with E-state index < -0.39 is 10.4 Å². The van der Waals surface area contributed by atoms with E-state index >= 15 is 0 Å². The summed E-state index contributed by atoms with van der Waals surface area (Å²) in [6, 6.07) is 3.89. The summed E-state index contributed by atoms with van der Waals surface area (Å²) in [6.07, 6.45) is 0. The highest BCUT2D eigenvalue weighted by Gasteiger charge is 2.11. The zero-order valence-corrected chi connectivity index (χ0v) is 9.67. The van der Waals surface area contributed by atoms with Crippen LogP contribution in [-0.2, 0) is 15.2 Å². The number of rotatable bonds is 3. The molecule has 8 heteroatoms. The zero-order chi connectivity index (χ0) is 12.3. The van der Waals surface area contributed by atoms with Gasteiger partial charge in [0.25, 0.3) is 0 Å². The third-order valence-electron chi connectivity index (χ3n) is 1.45. The first-order valence-electron chi connectivity index (χ1n) is 4.02. The van der Waals surface area contributed by atoms with Gasteiger partial charge in [0, 0.05) is 12.6 Å². The lowest BCUT2D eigenvalue weighted by Gasteiger charge is -2.06. The number of hydrogen-bond acceptors (Lipinski definition) is 4. The second-order valence-electron chi connectivity index (χ2n) is 2.84. The normalized spacial score (nSPS) is 10.9. The molecule has 1 aromatic carbocycles. The maximum atomic E-state index is 10.7. The van der Waals surface area contributed by atoms with Gasteiger partial charge in [-0.3, -0.25) is 9.35 Å². The van der Waals surface area contributed by atoms with Crippen LogP contribution >= 0.6 is 11.6 Å². The molecule has 0 bridgehead atoms. The predicted octanol–water partition coefficient (Wildman–Crippen LogP) is 1.48. The highest BCUT2D eigenvalue weighted by Crippen LogP contribution is 2.28. The van der Waals surface area contributed by atoms with Gasteiger partial charge in [0.2, 0.25) is 5.91 Å². The topological polar surface area (TPSA) is 92.7 Å². The lowest BCUT2D eigenvalue weighted by molar-refractivity contribution is -0.114. The maximum absolute atomic E-state index is 10.7. The average molecular weight is 266 g/mol. The van der Waals surface area contributed by atoms with Crippen LogP contribution in [0.2, 0.25) is 5.02 Å². The molecule has 16 heavy (non-hydrogen) atoms. The highest BCUT2D eigenvalue weighted by molar-refractivity contribution is 7.81. The van der Waals surface area contributed by atoms with E-state index in [2.05, 4.69) is 9.50 Å². The first-order valence-corrected chi connectivity index (χ1v) is 5.76. The van der Waals surface area contributed by atoms with Gasteiger partial charge in [-0.25, -0.2) is 0 Å². The minimum Gasteiger partial charge on any atom is -0.360 e. The monoisotopic (exact) mass is 265 g/mol. The predicted molar refractivity (Wildman–Crippen MR) is 57.9 cm³/mol. The second-order valence-corrected chi connectivity index (χ2v) is 4.27. The number of hydrogen-bond donors (Lipinski definition) is 2. The number of nitrogens with one attached hydrogen (secondary N) is 1. The number of carbonyl (C=O) groups excluding carboxylic acids is 1. The van der Waals surface area contributed by atoms with Crippen molar-refractivity contribution in [3.8, 4) is 5.75 Å². The summed E-state index contributed by atoms with van der Waals surface area (Å²) >= 11 is 5.67. The average Bonchev–Trinajstić information content (AvgIpc) is 2.06. The summed E-state index contributed by atoms with van der Waals surface area (Å²) in [5, 5.41) is 2.39. The number of amides is 1. The molecular formula is C8H8ClNO5S. The van der Waals surface area contributed by atoms with E-state index in [-0.39, 0.29) is 16.7 Å². The van der Waals surface area contributed by atoms with Crippen LogP contribution in [0.25, 0.3) is 0 Å². The quantitative estimate of drug-likeness (QED) is 0.808. The minimum atomic E-state index is -4.61. The Bertz CT molecular complexity index is 513. The standard InChI is InChI=1S/C8H8ClNO5S/c1-5(11)10-6-2-3-8(7(9)4-6)15-16(12,13)14/h2-4H,1H3,(H,10,11)(H,12,13,14). The third-order valence-corrected chi connectivity index (χ3v) is 2.13. The van der Waals surface area contributed by atoms with Crippen LogP contribution in [0, 0.1) is 0 Å². The molecule has 0 aliphatic heterocycles. The van der Waals surface area contributed by atoms with Gasteiger partial charge in [0.15, 0.2) is 5.75 Å². The van der Waals surface area contributed by atoms with Gasteiger partial charge in [-0.2, -0.15) is 8.42 Å². The van der Waals surface area contributed by atoms with E-state index in [1.165, 1.54) is 25.1 Å². The van der Waals surface area contributed by atoms with E-state index in [0.29, 0.717) is 5.69 Å². The first kappa shape index (κ1) is 12.8. The molecular weight excluding hydrogens is 258 g/mol. The van der Waals surface area contributed by atoms with Crippen LogP contribution in [0.5, 0.6) is 5.75 Å². The largest absolute Gasteiger partial charge is 0.446 e. The molecule has 0 heterocycles. The summed E-state index contributed by atoms with van der Waals surface area (Å²) in [5.41, 5.74) is 0.389. The van der Waals surface area contributed by atoms with Gasteiger partial charge in [0.1, 0.15) is 0 Å². The van der Waals surface area contributed by atoms with Gasteiger partial charge < -0.3 is 9.50 Å². The second kappa shape index (κ2) is 4.69. The summed E-state index contributed by atoms with van der Waals surface area (Å²) in [6.45, 7) is 1.32. The van der Waals surface area contributed by atoms with Gasteiger partial charge in [0.05, 0.1) is 5.02 Å². The van der Waals surface area contributed by atoms with Crippen LogP contribution in [-0.4, -0.2) is 18.9 Å². The molecule has 88 valence electrons. The summed E-state index contributed by atoms with van der Waals surface area (Å²) in [7, 11) is -4.61. The molecule has 1 aromatic rings. The Morgan fingerprint density at radius 1 is 1.50 bits per heavy atom. The third kappa shape index (κ3) is 4.05. The molecule has 6 nitrogen and oxygen atoms in total. The Labute approximate surface area is 97.1 Å². The van der Waals surface area contributed by atoms with Crippen LogP contribution in [0.3, 0.4) is 0 Å². The van der Waals surface area contributed by atoms with Crippen LogP contribution in [0.15, 0.2) is 18.2 Å². The molecule has 0 radical (unpaired) electrons. The minimum absolute atomic E-state index is 0.0520. The first-order chi connectivity index (χ1) is 7.28. The van der Waals surface area contributed by atoms with Gasteiger partial charge >= 0.3 is 10.4 Å². The zero-order valence-electron chi connectivity index (χ0n) is 8.10. The van der Waals surface area contributed by atoms with Crippen LogP contribution in [0.4, 0.5) is 5.69 Å². The Morgan fingerprint density at radius 3 is 2.56 bits per heavy atom. The van der Waals surface area contributed by atoms with Crippen molar-refractivity contribution in [2.45, 2.75) is 6.92 Å². The van der Waals surface area contributed by atoms with E-state index in [1.807, 2.05) is 0 Å². The molecule has 0 aromatic heterocycles. The fourth-order valence-electron chi connectivity index (χ4n) is 0.963. The molecule has 0 aliphatic carbocycles. The molecule has 0 saturated carbocycles. The van der Waals surface area contributed by atoms with Crippen molar-refractivity contribution >= 4 is 33.6 Å². The van der Waals surface area contributed by atoms with Gasteiger partial charge in [-0.1, -0.05) is 11.6 Å². The molecule has 2 N–H and O–H groups in total. The van der Waals surface area contributed by atoms with Crippen LogP contribution < -0.4 is 9.50 Å². The summed E-state index contributed by atoms with van der Waals surface area (Å²) in [4.78, 5) is 10.7. The molecule has 1 amide bonds. The fraction of sp³-hybridized carbons (Fsp3) is 0.125. The molecule has 1 rings (SSSR count). The molecule has 0 fully saturated rings. The number of carbonyl (C=O) groups is 1. The lowest BCUT2D eigenvalue weighted by Crippen LogP contribution is -2.08. The smallest absolute Gasteiger partial charge is 0.360 e. The van der Waals surface area contributed by atoms with Crippen molar-refractivity contribution < 1.29 is 21.9 Å². The lowest BCUT2D eigenvalue weighted by atomic mass is 10.3. The maximum Gasteiger partial charge on any atom is 0.446 e. The molecule has 0 atom stereocenters. The fourth-order valence-corrected chi connectivity index (χ4v) is 1.60. The number of benzene rings is 1. The van der Waals surface area contributed by atoms with E-state index in [9.17, 15) is 13.2 Å². The summed E-state index contributed by atoms with van der Waals surface area (Å²) < 4.78 is 33.4. The Morgan fingerprint density at radius 2 is 2.12 bits per heavy atom. The Hall–Kier alpha value is -1.31.